The molecule has 6 nitrogen and oxygen atoms in total. The number of aliphatic hydroxyl groups excluding tert-OH is 1. The van der Waals surface area contributed by atoms with E-state index < -0.39 is 12.2 Å². The van der Waals surface area contributed by atoms with Gasteiger partial charge >= 0.3 is 0 Å². The summed E-state index contributed by atoms with van der Waals surface area (Å²) < 4.78 is 3.75. The van der Waals surface area contributed by atoms with Crippen molar-refractivity contribution in [1.29, 1.82) is 0 Å². The van der Waals surface area contributed by atoms with Crippen molar-refractivity contribution < 1.29 is 15.0 Å². The highest BCUT2D eigenvalue weighted by atomic mass is 32.1. The molecular weight excluding hydrogens is 242 g/mol. The molecule has 0 bridgehead atoms. The van der Waals surface area contributed by atoms with Crippen LogP contribution in [0.5, 0.6) is 0 Å². The van der Waals surface area contributed by atoms with Crippen LogP contribution in [0.2, 0.25) is 0 Å². The third-order valence-electron chi connectivity index (χ3n) is 2.22. The first-order valence-electron chi connectivity index (χ1n) is 5.43. The topological polar surface area (TPSA) is 95.3 Å². The van der Waals surface area contributed by atoms with Gasteiger partial charge in [-0.3, -0.25) is 4.79 Å². The monoisotopic (exact) mass is 259 g/mol. The van der Waals surface area contributed by atoms with E-state index in [0.717, 1.165) is 18.0 Å². The summed E-state index contributed by atoms with van der Waals surface area (Å²) in [6, 6.07) is 0. The minimum Gasteiger partial charge on any atom is -0.393 e. The summed E-state index contributed by atoms with van der Waals surface area (Å²) >= 11 is 1.04. The largest absolute Gasteiger partial charge is 0.393 e. The van der Waals surface area contributed by atoms with Crippen molar-refractivity contribution in [3.05, 3.63) is 10.6 Å². The van der Waals surface area contributed by atoms with Crippen LogP contribution in [0, 0.1) is 0 Å². The van der Waals surface area contributed by atoms with E-state index in [4.69, 9.17) is 5.11 Å². The van der Waals surface area contributed by atoms with Crippen molar-refractivity contribution in [2.75, 3.05) is 13.2 Å². The van der Waals surface area contributed by atoms with Crippen molar-refractivity contribution in [1.82, 2.24) is 14.9 Å². The second kappa shape index (κ2) is 6.04. The minimum atomic E-state index is -1.31. The first kappa shape index (κ1) is 14.0. The summed E-state index contributed by atoms with van der Waals surface area (Å²) in [6.45, 7) is 3.03. The predicted molar refractivity (Wildman–Crippen MR) is 63.9 cm³/mol. The van der Waals surface area contributed by atoms with Gasteiger partial charge in [-0.15, -0.1) is 5.10 Å². The molecule has 1 rings (SSSR count). The van der Waals surface area contributed by atoms with Gasteiger partial charge in [0.15, 0.2) is 0 Å². The molecule has 0 fully saturated rings. The quantitative estimate of drug-likeness (QED) is 0.666. The van der Waals surface area contributed by atoms with Gasteiger partial charge in [-0.05, 0) is 24.9 Å². The molecule has 0 aromatic carbocycles. The van der Waals surface area contributed by atoms with Crippen LogP contribution >= 0.6 is 11.5 Å². The number of hydrogen-bond donors (Lipinski definition) is 3. The Bertz CT molecular complexity index is 379. The molecule has 1 amide bonds. The van der Waals surface area contributed by atoms with E-state index in [2.05, 4.69) is 14.9 Å². The van der Waals surface area contributed by atoms with Crippen LogP contribution < -0.4 is 5.32 Å². The molecule has 0 aliphatic carbocycles. The Kier molecular flexibility index (Phi) is 4.98. The van der Waals surface area contributed by atoms with Gasteiger partial charge in [0.1, 0.15) is 10.5 Å². The van der Waals surface area contributed by atoms with Crippen LogP contribution in [0.3, 0.4) is 0 Å². The van der Waals surface area contributed by atoms with Crippen LogP contribution in [0.1, 0.15) is 35.6 Å². The smallest absolute Gasteiger partial charge is 0.265 e. The van der Waals surface area contributed by atoms with Gasteiger partial charge in [0.2, 0.25) is 0 Å². The molecule has 0 aliphatic heterocycles. The molecule has 3 N–H and O–H groups in total. The van der Waals surface area contributed by atoms with Crippen LogP contribution in [-0.4, -0.2) is 44.5 Å². The zero-order valence-corrected chi connectivity index (χ0v) is 10.8. The maximum atomic E-state index is 11.8. The average molecular weight is 259 g/mol. The van der Waals surface area contributed by atoms with Gasteiger partial charge in [0, 0.05) is 6.54 Å². The molecular formula is C10H17N3O3S. The van der Waals surface area contributed by atoms with Gasteiger partial charge in [-0.1, -0.05) is 17.8 Å². The van der Waals surface area contributed by atoms with Gasteiger partial charge in [0.25, 0.3) is 5.91 Å². The Hall–Kier alpha value is -1.05. The van der Waals surface area contributed by atoms with Gasteiger partial charge in [0.05, 0.1) is 12.3 Å². The molecule has 1 aromatic heterocycles. The van der Waals surface area contributed by atoms with Crippen molar-refractivity contribution >= 4 is 17.4 Å². The summed E-state index contributed by atoms with van der Waals surface area (Å²) in [5, 5.41) is 24.8. The zero-order chi connectivity index (χ0) is 12.9. The molecule has 0 aliphatic rings. The Morgan fingerprint density at radius 1 is 1.59 bits per heavy atom. The fourth-order valence-electron chi connectivity index (χ4n) is 1.19. The molecule has 0 saturated carbocycles. The minimum absolute atomic E-state index is 0.00814. The normalized spacial score (nSPS) is 14.4. The molecule has 17 heavy (non-hydrogen) atoms. The Morgan fingerprint density at radius 3 is 2.88 bits per heavy atom. The number of aromatic nitrogens is 2. The number of rotatable bonds is 6. The Labute approximate surface area is 104 Å². The van der Waals surface area contributed by atoms with Crippen molar-refractivity contribution in [3.8, 4) is 0 Å². The number of hydrogen-bond acceptors (Lipinski definition) is 6. The van der Waals surface area contributed by atoms with E-state index in [9.17, 15) is 9.90 Å². The fourth-order valence-corrected chi connectivity index (χ4v) is 1.81. The van der Waals surface area contributed by atoms with Crippen LogP contribution in [0.4, 0.5) is 0 Å². The highest BCUT2D eigenvalue weighted by Crippen LogP contribution is 2.12. The second-order valence-electron chi connectivity index (χ2n) is 4.14. The molecule has 0 saturated heterocycles. The first-order chi connectivity index (χ1) is 8.00. The van der Waals surface area contributed by atoms with Crippen LogP contribution in [0.15, 0.2) is 0 Å². The third kappa shape index (κ3) is 4.03. The molecule has 0 radical (unpaired) electrons. The first-order valence-corrected chi connectivity index (χ1v) is 6.20. The molecule has 0 spiro atoms. The lowest BCUT2D eigenvalue weighted by Gasteiger charge is -2.20. The van der Waals surface area contributed by atoms with E-state index in [-0.39, 0.29) is 12.5 Å². The number of carbonyl (C=O) groups is 1. The van der Waals surface area contributed by atoms with Gasteiger partial charge in [-0.25, -0.2) is 0 Å². The lowest BCUT2D eigenvalue weighted by atomic mass is 10.1. The lowest BCUT2D eigenvalue weighted by Crippen LogP contribution is -2.43. The maximum absolute atomic E-state index is 11.8. The highest BCUT2D eigenvalue weighted by Gasteiger charge is 2.22. The van der Waals surface area contributed by atoms with Crippen LogP contribution in [-0.2, 0) is 6.42 Å². The predicted octanol–water partition coefficient (Wildman–Crippen LogP) is -0.0363. The summed E-state index contributed by atoms with van der Waals surface area (Å²) in [5.41, 5.74) is -0.628. The summed E-state index contributed by atoms with van der Waals surface area (Å²) in [4.78, 5) is 12.3. The average Bonchev–Trinajstić information content (AvgIpc) is 2.75. The summed E-state index contributed by atoms with van der Waals surface area (Å²) in [5.74, 6) is -0.308. The summed E-state index contributed by atoms with van der Waals surface area (Å²) in [6.07, 6.45) is 1.59. The van der Waals surface area contributed by atoms with Crippen molar-refractivity contribution in [3.63, 3.8) is 0 Å². The second-order valence-corrected chi connectivity index (χ2v) is 4.89. The third-order valence-corrected chi connectivity index (χ3v) is 2.99. The van der Waals surface area contributed by atoms with Crippen LogP contribution in [0.25, 0.3) is 0 Å². The Morgan fingerprint density at radius 2 is 2.29 bits per heavy atom. The number of aryl methyl sites for hydroxylation is 1. The van der Waals surface area contributed by atoms with Gasteiger partial charge in [-0.2, -0.15) is 0 Å². The number of amides is 1. The standard InChI is InChI=1S/C10H17N3O3S/c1-3-4-7-8(17-13-12-7)9(15)11-5-10(2,16)6-14/h14,16H,3-6H2,1-2H3,(H,11,15). The van der Waals surface area contributed by atoms with E-state index in [1.54, 1.807) is 0 Å². The van der Waals surface area contributed by atoms with E-state index in [0.29, 0.717) is 17.0 Å². The lowest BCUT2D eigenvalue weighted by molar-refractivity contribution is 0.00322. The number of carbonyl (C=O) groups excluding carboxylic acids is 1. The molecule has 7 heteroatoms. The van der Waals surface area contributed by atoms with E-state index >= 15 is 0 Å². The molecule has 1 heterocycles. The van der Waals surface area contributed by atoms with E-state index in [1.807, 2.05) is 6.92 Å². The molecule has 1 atom stereocenters. The molecule has 1 aromatic rings. The molecule has 1 unspecified atom stereocenters. The van der Waals surface area contributed by atoms with Crippen molar-refractivity contribution in [2.24, 2.45) is 0 Å². The summed E-state index contributed by atoms with van der Waals surface area (Å²) in [7, 11) is 0. The number of aliphatic hydroxyl groups is 2. The van der Waals surface area contributed by atoms with E-state index in [1.165, 1.54) is 6.92 Å². The maximum Gasteiger partial charge on any atom is 0.265 e. The van der Waals surface area contributed by atoms with Gasteiger partial charge < -0.3 is 15.5 Å². The molecule has 96 valence electrons. The number of nitrogens with zero attached hydrogens (tertiary/aromatic N) is 2. The zero-order valence-electron chi connectivity index (χ0n) is 9.93. The number of nitrogens with one attached hydrogen (secondary N) is 1. The van der Waals surface area contributed by atoms with Crippen molar-refractivity contribution in [2.45, 2.75) is 32.3 Å². The fraction of sp³-hybridized carbons (Fsp3) is 0.700. The SMILES string of the molecule is CCCc1nnsc1C(=O)NCC(C)(O)CO. The Balaban J connectivity index is 2.61. The highest BCUT2D eigenvalue weighted by molar-refractivity contribution is 7.08.